The van der Waals surface area contributed by atoms with Crippen molar-refractivity contribution < 1.29 is 36.7 Å². The van der Waals surface area contributed by atoms with Crippen LogP contribution in [0.15, 0.2) is 67.0 Å². The number of hydrogen-bond donors (Lipinski definition) is 2. The third-order valence-corrected chi connectivity index (χ3v) is 13.4. The van der Waals surface area contributed by atoms with Gasteiger partial charge in [-0.2, -0.15) is 5.10 Å². The quantitative estimate of drug-likeness (QED) is 0.123. The summed E-state index contributed by atoms with van der Waals surface area (Å²) in [5.41, 5.74) is 1.98. The number of aryl methyl sites for hydroxylation is 1. The molecular formula is C48H51F4N9O4. The van der Waals surface area contributed by atoms with Gasteiger partial charge in [0.15, 0.2) is 5.82 Å². The second-order valence-electron chi connectivity index (χ2n) is 17.5. The van der Waals surface area contributed by atoms with E-state index in [1.54, 1.807) is 54.3 Å². The Balaban J connectivity index is 0.891. The zero-order valence-corrected chi connectivity index (χ0v) is 36.4. The molecule has 65 heavy (non-hydrogen) atoms. The molecular weight excluding hydrogens is 843 g/mol. The van der Waals surface area contributed by atoms with Gasteiger partial charge in [0.1, 0.15) is 23.1 Å². The second-order valence-corrected chi connectivity index (χ2v) is 17.5. The first kappa shape index (κ1) is 43.7. The zero-order chi connectivity index (χ0) is 45.5. The summed E-state index contributed by atoms with van der Waals surface area (Å²) in [6.45, 7) is 4.37. The molecule has 1 atom stereocenters. The summed E-state index contributed by atoms with van der Waals surface area (Å²) in [5.74, 6) is -4.22. The van der Waals surface area contributed by atoms with Crippen LogP contribution in [0.1, 0.15) is 66.1 Å². The number of fused-ring (bicyclic) bond motifs is 1. The van der Waals surface area contributed by atoms with Gasteiger partial charge in [0.2, 0.25) is 17.7 Å². The number of benzene rings is 3. The molecule has 1 unspecified atom stereocenters. The lowest BCUT2D eigenvalue weighted by Crippen LogP contribution is -2.53. The van der Waals surface area contributed by atoms with Crippen LogP contribution in [-0.2, 0) is 20.9 Å². The number of carbonyl (C=O) groups is 4. The normalized spacial score (nSPS) is 18.9. The van der Waals surface area contributed by atoms with Crippen LogP contribution in [0.5, 0.6) is 0 Å². The van der Waals surface area contributed by atoms with Crippen LogP contribution in [0.4, 0.5) is 28.9 Å². The van der Waals surface area contributed by atoms with Crippen molar-refractivity contribution in [2.45, 2.75) is 57.0 Å². The van der Waals surface area contributed by atoms with Crippen LogP contribution in [0.25, 0.3) is 27.6 Å². The summed E-state index contributed by atoms with van der Waals surface area (Å²) < 4.78 is 66.6. The lowest BCUT2D eigenvalue weighted by Gasteiger charge is -2.44. The molecule has 13 nitrogen and oxygen atoms in total. The number of anilines is 2. The third-order valence-electron chi connectivity index (χ3n) is 13.4. The van der Waals surface area contributed by atoms with Gasteiger partial charge < -0.3 is 24.6 Å². The highest BCUT2D eigenvalue weighted by Crippen LogP contribution is 2.40. The predicted octanol–water partition coefficient (Wildman–Crippen LogP) is 6.31. The Morgan fingerprint density at radius 2 is 1.57 bits per heavy atom. The Hall–Kier alpha value is -6.49. The standard InChI is InChI=1S/C48H51F4N9O4/c1-56(2)48(65)40-26-36-34(24-33(45(52)46(36)54-40)30-5-3-14-60(28-30)44(63)12-18-61-15-4-13-53-61)35-25-39(51)42(27-37(35)49)59-21-19-57(20-22-59)31-10-16-58(17-11-31)41-8-6-29(23-38(41)50)32-7-9-43(62)55-47(32)64/h4-6,8,13,15,23-27,31-32,54H,3,7,9-12,14,16-22,28H2,1-2H3,(H,55,62,64). The molecule has 0 saturated carbocycles. The molecule has 4 aliphatic rings. The molecule has 0 radical (unpaired) electrons. The summed E-state index contributed by atoms with van der Waals surface area (Å²) in [6.07, 6.45) is 8.10. The summed E-state index contributed by atoms with van der Waals surface area (Å²) in [4.78, 5) is 62.4. The first-order valence-electron chi connectivity index (χ1n) is 22.2. The van der Waals surface area contributed by atoms with Gasteiger partial charge in [-0.3, -0.25) is 34.1 Å². The molecule has 3 saturated heterocycles. The van der Waals surface area contributed by atoms with Gasteiger partial charge in [-0.1, -0.05) is 12.1 Å². The number of amides is 4. The Morgan fingerprint density at radius 3 is 2.28 bits per heavy atom. The molecule has 5 aromatic rings. The number of hydrogen-bond acceptors (Lipinski definition) is 8. The Bertz CT molecular complexity index is 2680. The number of H-pyrrole nitrogens is 1. The van der Waals surface area contributed by atoms with E-state index in [1.807, 2.05) is 15.9 Å². The number of piperidine rings is 2. The van der Waals surface area contributed by atoms with Crippen LogP contribution in [0.2, 0.25) is 0 Å². The summed E-state index contributed by atoms with van der Waals surface area (Å²) in [7, 11) is 3.13. The van der Waals surface area contributed by atoms with Gasteiger partial charge in [-0.15, -0.1) is 0 Å². The minimum atomic E-state index is -0.706. The van der Waals surface area contributed by atoms with E-state index in [0.717, 1.165) is 18.9 Å². The molecule has 3 fully saturated rings. The monoisotopic (exact) mass is 893 g/mol. The number of nitrogens with one attached hydrogen (secondary N) is 2. The van der Waals surface area contributed by atoms with Crippen molar-refractivity contribution in [3.63, 3.8) is 0 Å². The van der Waals surface area contributed by atoms with Crippen LogP contribution in [0, 0.1) is 23.3 Å². The summed E-state index contributed by atoms with van der Waals surface area (Å²) >= 11 is 0. The first-order valence-corrected chi connectivity index (χ1v) is 22.2. The van der Waals surface area contributed by atoms with Gasteiger partial charge in [-0.05, 0) is 78.8 Å². The highest BCUT2D eigenvalue weighted by atomic mass is 19.1. The average Bonchev–Trinajstić information content (AvgIpc) is 4.01. The van der Waals surface area contributed by atoms with Crippen molar-refractivity contribution in [2.24, 2.45) is 0 Å². The van der Waals surface area contributed by atoms with E-state index in [1.165, 1.54) is 29.2 Å². The van der Waals surface area contributed by atoms with E-state index >= 15 is 17.6 Å². The van der Waals surface area contributed by atoms with Crippen molar-refractivity contribution in [3.8, 4) is 11.1 Å². The predicted molar refractivity (Wildman–Crippen MR) is 238 cm³/mol. The molecule has 2 aromatic heterocycles. The minimum Gasteiger partial charge on any atom is -0.369 e. The smallest absolute Gasteiger partial charge is 0.269 e. The molecule has 2 N–H and O–H groups in total. The molecule has 0 spiro atoms. The summed E-state index contributed by atoms with van der Waals surface area (Å²) in [5, 5.41) is 6.71. The Kier molecular flexibility index (Phi) is 12.2. The highest BCUT2D eigenvalue weighted by Gasteiger charge is 2.33. The first-order chi connectivity index (χ1) is 31.3. The Morgan fingerprint density at radius 1 is 0.815 bits per heavy atom. The van der Waals surface area contributed by atoms with Crippen LogP contribution in [0.3, 0.4) is 0 Å². The fraction of sp³-hybridized carbons (Fsp3) is 0.396. The van der Waals surface area contributed by atoms with Gasteiger partial charge in [-0.25, -0.2) is 17.6 Å². The zero-order valence-electron chi connectivity index (χ0n) is 36.4. The molecule has 0 aliphatic carbocycles. The largest absolute Gasteiger partial charge is 0.369 e. The third kappa shape index (κ3) is 8.85. The number of halogens is 4. The molecule has 4 aliphatic heterocycles. The molecule has 17 heteroatoms. The fourth-order valence-corrected chi connectivity index (χ4v) is 9.82. The summed E-state index contributed by atoms with van der Waals surface area (Å²) in [6, 6.07) is 12.2. The minimum absolute atomic E-state index is 0.0237. The number of piperazine rings is 1. The molecule has 4 amide bonds. The van der Waals surface area contributed by atoms with Crippen molar-refractivity contribution >= 4 is 51.5 Å². The van der Waals surface area contributed by atoms with E-state index in [-0.39, 0.29) is 76.2 Å². The maximum absolute atomic E-state index is 16.6. The van der Waals surface area contributed by atoms with Crippen molar-refractivity contribution in [1.29, 1.82) is 0 Å². The number of aromatic nitrogens is 3. The maximum atomic E-state index is 16.6. The van der Waals surface area contributed by atoms with E-state index in [2.05, 4.69) is 20.3 Å². The van der Waals surface area contributed by atoms with Gasteiger partial charge in [0, 0.05) is 127 Å². The molecule has 340 valence electrons. The van der Waals surface area contributed by atoms with Crippen molar-refractivity contribution in [3.05, 3.63) is 107 Å². The highest BCUT2D eigenvalue weighted by molar-refractivity contribution is 6.05. The maximum Gasteiger partial charge on any atom is 0.269 e. The molecule has 0 bridgehead atoms. The lowest BCUT2D eigenvalue weighted by atomic mass is 9.90. The fourth-order valence-electron chi connectivity index (χ4n) is 9.82. The van der Waals surface area contributed by atoms with E-state index in [9.17, 15) is 19.2 Å². The Labute approximate surface area is 373 Å². The topological polar surface area (TPSA) is 130 Å². The number of carbonyl (C=O) groups excluding carboxylic acids is 4. The number of aromatic amines is 1. The lowest BCUT2D eigenvalue weighted by molar-refractivity contribution is -0.134. The van der Waals surface area contributed by atoms with Gasteiger partial charge in [0.25, 0.3) is 5.91 Å². The van der Waals surface area contributed by atoms with E-state index in [4.69, 9.17) is 0 Å². The number of rotatable bonds is 10. The second kappa shape index (κ2) is 18.2. The van der Waals surface area contributed by atoms with Gasteiger partial charge in [0.05, 0.1) is 22.8 Å². The molecule has 9 rings (SSSR count). The van der Waals surface area contributed by atoms with Crippen molar-refractivity contribution in [1.82, 2.24) is 34.8 Å². The van der Waals surface area contributed by atoms with E-state index in [0.29, 0.717) is 82.0 Å². The molecule has 3 aromatic carbocycles. The van der Waals surface area contributed by atoms with E-state index < -0.39 is 41.0 Å². The van der Waals surface area contributed by atoms with Crippen LogP contribution >= 0.6 is 0 Å². The van der Waals surface area contributed by atoms with Crippen LogP contribution < -0.4 is 15.1 Å². The average molecular weight is 894 g/mol. The number of nitrogens with zero attached hydrogens (tertiary/aromatic N) is 7. The number of imide groups is 1. The molecule has 6 heterocycles. The van der Waals surface area contributed by atoms with Crippen LogP contribution in [-0.4, -0.2) is 126 Å². The van der Waals surface area contributed by atoms with Crippen molar-refractivity contribution in [2.75, 3.05) is 76.3 Å². The van der Waals surface area contributed by atoms with Gasteiger partial charge >= 0.3 is 0 Å². The SMILES string of the molecule is CN(C)C(=O)c1cc2c(-c3cc(F)c(N4CCN(C5CCN(c6ccc(C7CCC(=O)NC7=O)cc6F)CC5)CC4)cc3F)cc(C3=CCCN(C(=O)CCn4cccn4)C3)c(F)c2[nH]1.